The van der Waals surface area contributed by atoms with Crippen LogP contribution in [-0.2, 0) is 13.2 Å². The van der Waals surface area contributed by atoms with Gasteiger partial charge in [0, 0.05) is 33.8 Å². The molecule has 4 fully saturated rings. The summed E-state index contributed by atoms with van der Waals surface area (Å²) < 4.78 is 6.34. The maximum Gasteiger partial charge on any atom is 0.124 e. The van der Waals surface area contributed by atoms with Gasteiger partial charge in [0.15, 0.2) is 0 Å². The smallest absolute Gasteiger partial charge is 0.124 e. The number of ether oxygens (including phenoxy) is 1. The molecule has 4 aliphatic carbocycles. The van der Waals surface area contributed by atoms with E-state index in [-0.39, 0.29) is 0 Å². The van der Waals surface area contributed by atoms with E-state index in [1.54, 1.807) is 0 Å². The average molecular weight is 466 g/mol. The minimum Gasteiger partial charge on any atom is -0.488 e. The second-order valence-electron chi connectivity index (χ2n) is 10.1. The van der Waals surface area contributed by atoms with Gasteiger partial charge < -0.3 is 10.1 Å². The van der Waals surface area contributed by atoms with Gasteiger partial charge in [-0.3, -0.25) is 0 Å². The van der Waals surface area contributed by atoms with Gasteiger partial charge in [-0.15, -0.1) is 0 Å². The van der Waals surface area contributed by atoms with Crippen molar-refractivity contribution in [1.29, 1.82) is 0 Å². The van der Waals surface area contributed by atoms with Gasteiger partial charge in [0.05, 0.1) is 0 Å². The first kappa shape index (κ1) is 20.8. The second kappa shape index (κ2) is 8.56. The van der Waals surface area contributed by atoms with Gasteiger partial charge in [-0.2, -0.15) is 0 Å². The molecule has 4 saturated carbocycles. The Morgan fingerprint density at radius 3 is 2.16 bits per heavy atom. The predicted octanol–water partition coefficient (Wildman–Crippen LogP) is 7.64. The molecule has 7 rings (SSSR count). The number of hydrogen-bond donors (Lipinski definition) is 1. The molecule has 2 nitrogen and oxygen atoms in total. The Bertz CT molecular complexity index is 1100. The minimum atomic E-state index is 0.363. The topological polar surface area (TPSA) is 21.3 Å². The van der Waals surface area contributed by atoms with Crippen LogP contribution in [0.5, 0.6) is 5.75 Å². The van der Waals surface area contributed by atoms with Crippen LogP contribution in [-0.4, -0.2) is 6.04 Å². The van der Waals surface area contributed by atoms with Crippen molar-refractivity contribution in [3.8, 4) is 5.75 Å². The number of halogens is 2. The fourth-order valence-corrected chi connectivity index (χ4v) is 7.44. The van der Waals surface area contributed by atoms with Crippen LogP contribution in [0.15, 0.2) is 54.6 Å². The highest BCUT2D eigenvalue weighted by Crippen LogP contribution is 2.53. The molecule has 4 aliphatic rings. The largest absolute Gasteiger partial charge is 0.488 e. The summed E-state index contributed by atoms with van der Waals surface area (Å²) in [7, 11) is 0. The molecule has 1 N–H and O–H groups in total. The van der Waals surface area contributed by atoms with Gasteiger partial charge in [-0.05, 0) is 84.7 Å². The molecule has 0 amide bonds. The highest BCUT2D eigenvalue weighted by atomic mass is 35.5. The maximum atomic E-state index is 6.39. The van der Waals surface area contributed by atoms with Crippen LogP contribution in [0.2, 0.25) is 10.0 Å². The van der Waals surface area contributed by atoms with Crippen molar-refractivity contribution in [3.63, 3.8) is 0 Å². The lowest BCUT2D eigenvalue weighted by atomic mass is 9.54. The summed E-state index contributed by atoms with van der Waals surface area (Å²) >= 11 is 12.8. The van der Waals surface area contributed by atoms with Crippen molar-refractivity contribution in [2.75, 3.05) is 0 Å². The lowest BCUT2D eigenvalue weighted by Crippen LogP contribution is -2.54. The van der Waals surface area contributed by atoms with E-state index in [1.165, 1.54) is 48.4 Å². The van der Waals surface area contributed by atoms with E-state index in [0.29, 0.717) is 22.7 Å². The highest BCUT2D eigenvalue weighted by molar-refractivity contribution is 6.35. The minimum absolute atomic E-state index is 0.363. The molecular formula is C28H29Cl2NO. The average Bonchev–Trinajstić information content (AvgIpc) is 2.78. The van der Waals surface area contributed by atoms with Crippen LogP contribution >= 0.6 is 23.2 Å². The summed E-state index contributed by atoms with van der Waals surface area (Å²) in [4.78, 5) is 0. The Balaban J connectivity index is 1.27. The normalized spacial score (nSPS) is 28.4. The van der Waals surface area contributed by atoms with Crippen molar-refractivity contribution >= 4 is 34.0 Å². The van der Waals surface area contributed by atoms with Gasteiger partial charge in [0.2, 0.25) is 0 Å². The first-order chi connectivity index (χ1) is 15.7. The van der Waals surface area contributed by atoms with Crippen molar-refractivity contribution in [3.05, 3.63) is 75.8 Å². The Morgan fingerprint density at radius 2 is 1.44 bits per heavy atom. The standard InChI is InChI=1S/C28H29Cl2NO/c29-25-6-3-7-26(30)24(25)16-32-27-9-8-19-4-1-2-5-22(19)23(27)15-31-28-20-11-17-10-18(13-20)14-21(28)12-17/h1-9,17-18,20-21,28,31H,10-16H2. The molecule has 0 aromatic heterocycles. The first-order valence-electron chi connectivity index (χ1n) is 12.0. The summed E-state index contributed by atoms with van der Waals surface area (Å²) in [6, 6.07) is 19.1. The molecule has 0 atom stereocenters. The van der Waals surface area contributed by atoms with Gasteiger partial charge in [-0.1, -0.05) is 59.6 Å². The molecule has 4 heteroatoms. The van der Waals surface area contributed by atoms with E-state index in [9.17, 15) is 0 Å². The monoisotopic (exact) mass is 465 g/mol. The van der Waals surface area contributed by atoms with Crippen LogP contribution in [0.4, 0.5) is 0 Å². The van der Waals surface area contributed by atoms with Crippen LogP contribution in [0.3, 0.4) is 0 Å². The fraction of sp³-hybridized carbons (Fsp3) is 0.429. The van der Waals surface area contributed by atoms with Crippen molar-refractivity contribution in [1.82, 2.24) is 5.32 Å². The summed E-state index contributed by atoms with van der Waals surface area (Å²) in [6.45, 7) is 1.20. The van der Waals surface area contributed by atoms with Crippen LogP contribution in [0, 0.1) is 23.7 Å². The van der Waals surface area contributed by atoms with Crippen molar-refractivity contribution in [2.45, 2.75) is 51.3 Å². The van der Waals surface area contributed by atoms with Gasteiger partial charge in [0.25, 0.3) is 0 Å². The van der Waals surface area contributed by atoms with E-state index in [2.05, 4.69) is 41.7 Å². The zero-order valence-corrected chi connectivity index (χ0v) is 19.7. The zero-order valence-electron chi connectivity index (χ0n) is 18.2. The number of rotatable bonds is 6. The van der Waals surface area contributed by atoms with E-state index in [1.807, 2.05) is 18.2 Å². The Hall–Kier alpha value is -1.74. The molecule has 0 aliphatic heterocycles. The van der Waals surface area contributed by atoms with Crippen LogP contribution in [0.1, 0.15) is 43.2 Å². The SMILES string of the molecule is Clc1cccc(Cl)c1COc1ccc2ccccc2c1CNC1C2CC3CC(C2)CC1C3. The summed E-state index contributed by atoms with van der Waals surface area (Å²) in [5, 5.41) is 7.80. The summed E-state index contributed by atoms with van der Waals surface area (Å²) in [5.41, 5.74) is 2.07. The zero-order chi connectivity index (χ0) is 21.7. The Kier molecular flexibility index (Phi) is 5.57. The molecule has 0 saturated heterocycles. The quantitative estimate of drug-likeness (QED) is 0.403. The van der Waals surface area contributed by atoms with Crippen molar-refractivity contribution < 1.29 is 4.74 Å². The molecular weight excluding hydrogens is 437 g/mol. The Morgan fingerprint density at radius 1 is 0.750 bits per heavy atom. The third-order valence-corrected chi connectivity index (χ3v) is 8.88. The van der Waals surface area contributed by atoms with E-state index in [4.69, 9.17) is 27.9 Å². The van der Waals surface area contributed by atoms with E-state index in [0.717, 1.165) is 41.5 Å². The van der Waals surface area contributed by atoms with Crippen LogP contribution < -0.4 is 10.1 Å². The maximum absolute atomic E-state index is 6.39. The molecule has 0 heterocycles. The lowest BCUT2D eigenvalue weighted by molar-refractivity contribution is -0.0143. The van der Waals surface area contributed by atoms with Crippen molar-refractivity contribution in [2.24, 2.45) is 23.7 Å². The first-order valence-corrected chi connectivity index (χ1v) is 12.7. The predicted molar refractivity (Wildman–Crippen MR) is 132 cm³/mol. The summed E-state index contributed by atoms with van der Waals surface area (Å²) in [6.07, 6.45) is 7.19. The molecule has 0 unspecified atom stereocenters. The molecule has 0 radical (unpaired) electrons. The lowest BCUT2D eigenvalue weighted by Gasteiger charge is -2.54. The van der Waals surface area contributed by atoms with Gasteiger partial charge in [0.1, 0.15) is 12.4 Å². The van der Waals surface area contributed by atoms with Gasteiger partial charge >= 0.3 is 0 Å². The molecule has 166 valence electrons. The van der Waals surface area contributed by atoms with Gasteiger partial charge in [-0.25, -0.2) is 0 Å². The fourth-order valence-electron chi connectivity index (χ4n) is 6.93. The van der Waals surface area contributed by atoms with E-state index >= 15 is 0 Å². The van der Waals surface area contributed by atoms with E-state index < -0.39 is 0 Å². The molecule has 4 bridgehead atoms. The second-order valence-corrected chi connectivity index (χ2v) is 10.9. The highest BCUT2D eigenvalue weighted by Gasteiger charge is 2.47. The summed E-state index contributed by atoms with van der Waals surface area (Å²) in [5.74, 6) is 4.61. The molecule has 0 spiro atoms. The van der Waals surface area contributed by atoms with Crippen LogP contribution in [0.25, 0.3) is 10.8 Å². The third-order valence-electron chi connectivity index (χ3n) is 8.17. The number of fused-ring (bicyclic) bond motifs is 1. The number of hydrogen-bond acceptors (Lipinski definition) is 2. The molecule has 3 aromatic carbocycles. The molecule has 3 aromatic rings. The Labute approximate surface area is 200 Å². The number of nitrogens with one attached hydrogen (secondary N) is 1. The third kappa shape index (κ3) is 3.81. The number of benzene rings is 3. The molecule has 32 heavy (non-hydrogen) atoms.